The minimum Gasteiger partial charge on any atom is -0.379 e. The van der Waals surface area contributed by atoms with Crippen molar-refractivity contribution in [2.75, 3.05) is 32.8 Å². The molecular weight excluding hydrogens is 393 g/mol. The fraction of sp³-hybridized carbons (Fsp3) is 0.625. The Morgan fingerprint density at radius 1 is 1.27 bits per heavy atom. The van der Waals surface area contributed by atoms with Crippen molar-refractivity contribution in [3.05, 3.63) is 28.8 Å². The molecule has 1 heterocycles. The predicted octanol–water partition coefficient (Wildman–Crippen LogP) is 2.99. The summed E-state index contributed by atoms with van der Waals surface area (Å²) in [5.41, 5.74) is -1.27. The molecule has 0 spiro atoms. The Kier molecular flexibility index (Phi) is 6.95. The van der Waals surface area contributed by atoms with Crippen molar-refractivity contribution >= 4 is 21.6 Å². The van der Waals surface area contributed by atoms with Gasteiger partial charge < -0.3 is 4.74 Å². The van der Waals surface area contributed by atoms with E-state index in [0.717, 1.165) is 12.1 Å². The highest BCUT2D eigenvalue weighted by Gasteiger charge is 2.38. The summed E-state index contributed by atoms with van der Waals surface area (Å²) >= 11 is 5.61. The van der Waals surface area contributed by atoms with Crippen LogP contribution in [0, 0.1) is 5.92 Å². The van der Waals surface area contributed by atoms with Crippen molar-refractivity contribution in [2.45, 2.75) is 31.0 Å². The summed E-state index contributed by atoms with van der Waals surface area (Å²) in [5, 5.41) is -0.176. The number of morpholine rings is 1. The van der Waals surface area contributed by atoms with Crippen molar-refractivity contribution in [2.24, 2.45) is 5.92 Å². The maximum Gasteiger partial charge on any atom is 0.417 e. The van der Waals surface area contributed by atoms with Crippen molar-refractivity contribution in [1.82, 2.24) is 9.62 Å². The molecule has 0 radical (unpaired) electrons. The van der Waals surface area contributed by atoms with Gasteiger partial charge in [0.1, 0.15) is 0 Å². The number of nitrogens with zero attached hydrogens (tertiary/aromatic N) is 1. The highest BCUT2D eigenvalue weighted by atomic mass is 35.5. The zero-order valence-corrected chi connectivity index (χ0v) is 16.1. The number of benzene rings is 1. The van der Waals surface area contributed by atoms with Gasteiger partial charge in [-0.15, -0.1) is 0 Å². The molecule has 1 saturated heterocycles. The number of halogens is 4. The van der Waals surface area contributed by atoms with Gasteiger partial charge in [0.2, 0.25) is 10.0 Å². The number of rotatable bonds is 6. The van der Waals surface area contributed by atoms with E-state index in [1.165, 1.54) is 0 Å². The van der Waals surface area contributed by atoms with Crippen LogP contribution >= 0.6 is 11.6 Å². The van der Waals surface area contributed by atoms with E-state index >= 15 is 0 Å². The third-order valence-electron chi connectivity index (χ3n) is 4.30. The molecule has 0 amide bonds. The molecule has 1 N–H and O–H groups in total. The van der Waals surface area contributed by atoms with Gasteiger partial charge in [0.05, 0.1) is 23.7 Å². The Morgan fingerprint density at radius 3 is 2.42 bits per heavy atom. The zero-order chi connectivity index (χ0) is 19.5. The molecule has 1 aromatic rings. The van der Waals surface area contributed by atoms with Crippen LogP contribution in [0.2, 0.25) is 5.02 Å². The lowest BCUT2D eigenvalue weighted by Crippen LogP contribution is -2.51. The Labute approximate surface area is 156 Å². The molecule has 1 atom stereocenters. The molecule has 5 nitrogen and oxygen atoms in total. The molecule has 0 saturated carbocycles. The lowest BCUT2D eigenvalue weighted by atomic mass is 10.0. The summed E-state index contributed by atoms with van der Waals surface area (Å²) in [7, 11) is -4.34. The molecule has 1 aromatic carbocycles. The summed E-state index contributed by atoms with van der Waals surface area (Å²) in [6.07, 6.45) is -4.82. The van der Waals surface area contributed by atoms with Crippen LogP contribution in [0.25, 0.3) is 0 Å². The van der Waals surface area contributed by atoms with Gasteiger partial charge >= 0.3 is 6.18 Å². The minimum absolute atomic E-state index is 0.0138. The number of ether oxygens (including phenoxy) is 1. The number of hydrogen-bond donors (Lipinski definition) is 1. The van der Waals surface area contributed by atoms with Gasteiger partial charge in [-0.2, -0.15) is 13.2 Å². The smallest absolute Gasteiger partial charge is 0.379 e. The van der Waals surface area contributed by atoms with Crippen LogP contribution in [0.15, 0.2) is 23.1 Å². The molecule has 0 aliphatic carbocycles. The average molecular weight is 415 g/mol. The van der Waals surface area contributed by atoms with Gasteiger partial charge in [-0.1, -0.05) is 25.4 Å². The lowest BCUT2D eigenvalue weighted by Gasteiger charge is -2.36. The van der Waals surface area contributed by atoms with E-state index < -0.39 is 26.7 Å². The van der Waals surface area contributed by atoms with Crippen molar-refractivity contribution < 1.29 is 26.3 Å². The molecule has 1 aliphatic rings. The summed E-state index contributed by atoms with van der Waals surface area (Å²) in [5.74, 6) is 0.114. The van der Waals surface area contributed by atoms with Crippen molar-refractivity contribution in [1.29, 1.82) is 0 Å². The number of hydrogen-bond acceptors (Lipinski definition) is 4. The van der Waals surface area contributed by atoms with Crippen LogP contribution in [0.1, 0.15) is 19.4 Å². The molecular formula is C16H22ClF3N2O3S. The van der Waals surface area contributed by atoms with Crippen LogP contribution in [-0.4, -0.2) is 52.2 Å². The second-order valence-electron chi connectivity index (χ2n) is 6.45. The highest BCUT2D eigenvalue weighted by Crippen LogP contribution is 2.35. The summed E-state index contributed by atoms with van der Waals surface area (Å²) < 4.78 is 72.3. The molecule has 2 rings (SSSR count). The fourth-order valence-corrected chi connectivity index (χ4v) is 4.36. The molecule has 1 aliphatic heterocycles. The second-order valence-corrected chi connectivity index (χ2v) is 8.62. The van der Waals surface area contributed by atoms with E-state index in [2.05, 4.69) is 9.62 Å². The second kappa shape index (κ2) is 8.43. The first-order valence-corrected chi connectivity index (χ1v) is 10.1. The summed E-state index contributed by atoms with van der Waals surface area (Å²) in [6, 6.07) is 2.49. The third kappa shape index (κ3) is 5.32. The van der Waals surface area contributed by atoms with Crippen LogP contribution in [0.3, 0.4) is 0 Å². The standard InChI is InChI=1S/C16H22ClF3N2O3S/c1-11(2)14(22-5-7-25-8-6-22)10-21-26(23,24)15-4-3-12(17)9-13(15)16(18,19)20/h3-4,9,11,14,21H,5-8,10H2,1-2H3/t14-/m1/s1. The zero-order valence-electron chi connectivity index (χ0n) is 14.5. The molecule has 0 unspecified atom stereocenters. The molecule has 0 bridgehead atoms. The normalized spacial score (nSPS) is 18.3. The van der Waals surface area contributed by atoms with Crippen LogP contribution in [0.5, 0.6) is 0 Å². The predicted molar refractivity (Wildman–Crippen MR) is 92.7 cm³/mol. The Hall–Kier alpha value is -0.870. The van der Waals surface area contributed by atoms with E-state index in [-0.39, 0.29) is 23.5 Å². The van der Waals surface area contributed by atoms with Crippen LogP contribution in [0.4, 0.5) is 13.2 Å². The van der Waals surface area contributed by atoms with Crippen molar-refractivity contribution in [3.8, 4) is 0 Å². The van der Waals surface area contributed by atoms with Crippen molar-refractivity contribution in [3.63, 3.8) is 0 Å². The highest BCUT2D eigenvalue weighted by molar-refractivity contribution is 7.89. The maximum atomic E-state index is 13.2. The van der Waals surface area contributed by atoms with E-state index in [9.17, 15) is 21.6 Å². The number of sulfonamides is 1. The third-order valence-corrected chi connectivity index (χ3v) is 6.02. The average Bonchev–Trinajstić information content (AvgIpc) is 2.54. The largest absolute Gasteiger partial charge is 0.417 e. The number of alkyl halides is 3. The van der Waals surface area contributed by atoms with E-state index in [1.807, 2.05) is 13.8 Å². The lowest BCUT2D eigenvalue weighted by molar-refractivity contribution is -0.139. The first kappa shape index (κ1) is 21.4. The Balaban J connectivity index is 2.22. The first-order valence-electron chi connectivity index (χ1n) is 8.20. The molecule has 26 heavy (non-hydrogen) atoms. The van der Waals surface area contributed by atoms with Crippen LogP contribution < -0.4 is 4.72 Å². The Bertz CT molecular complexity index is 720. The minimum atomic E-state index is -4.82. The molecule has 1 fully saturated rings. The Morgan fingerprint density at radius 2 is 1.88 bits per heavy atom. The summed E-state index contributed by atoms with van der Waals surface area (Å²) in [6.45, 7) is 6.30. The topological polar surface area (TPSA) is 58.6 Å². The first-order chi connectivity index (χ1) is 12.0. The molecule has 148 valence electrons. The number of nitrogens with one attached hydrogen (secondary N) is 1. The fourth-order valence-electron chi connectivity index (χ4n) is 2.93. The quantitative estimate of drug-likeness (QED) is 0.777. The van der Waals surface area contributed by atoms with E-state index in [1.54, 1.807) is 0 Å². The SMILES string of the molecule is CC(C)[C@@H](CNS(=O)(=O)c1ccc(Cl)cc1C(F)(F)F)N1CCOCC1. The molecule has 0 aromatic heterocycles. The van der Waals surface area contributed by atoms with Gasteiger partial charge in [-0.25, -0.2) is 13.1 Å². The summed E-state index contributed by atoms with van der Waals surface area (Å²) in [4.78, 5) is 1.27. The van der Waals surface area contributed by atoms with E-state index in [0.29, 0.717) is 32.4 Å². The van der Waals surface area contributed by atoms with Gasteiger partial charge in [0.25, 0.3) is 0 Å². The molecule has 10 heteroatoms. The van der Waals surface area contributed by atoms with Gasteiger partial charge in [-0.3, -0.25) is 4.90 Å². The van der Waals surface area contributed by atoms with Crippen LogP contribution in [-0.2, 0) is 20.9 Å². The van der Waals surface area contributed by atoms with E-state index in [4.69, 9.17) is 16.3 Å². The van der Waals surface area contributed by atoms with Gasteiger partial charge in [0.15, 0.2) is 0 Å². The maximum absolute atomic E-state index is 13.2. The van der Waals surface area contributed by atoms with Gasteiger partial charge in [0, 0.05) is 30.7 Å². The van der Waals surface area contributed by atoms with Gasteiger partial charge in [-0.05, 0) is 24.1 Å². The monoisotopic (exact) mass is 414 g/mol.